The van der Waals surface area contributed by atoms with E-state index < -0.39 is 30.9 Å². The Morgan fingerprint density at radius 2 is 2.07 bits per heavy atom. The Hall–Kier alpha value is -0.865. The number of rotatable bonds is 7. The molecule has 2 heterocycles. The predicted octanol–water partition coefficient (Wildman–Crippen LogP) is 0.878. The molecule has 0 radical (unpaired) electrons. The molecule has 1 fully saturated rings. The molecule has 0 aliphatic carbocycles. The van der Waals surface area contributed by atoms with Gasteiger partial charge in [-0.2, -0.15) is 0 Å². The smallest absolute Gasteiger partial charge is 0.456 e. The van der Waals surface area contributed by atoms with Crippen LogP contribution >= 0.6 is 23.2 Å². The fourth-order valence-electron chi connectivity index (χ4n) is 4.42. The Morgan fingerprint density at radius 3 is 2.75 bits per heavy atom. The van der Waals surface area contributed by atoms with E-state index in [1.807, 2.05) is 6.07 Å². The molecule has 1 aromatic rings. The zero-order chi connectivity index (χ0) is 20.4. The van der Waals surface area contributed by atoms with E-state index in [1.54, 1.807) is 6.07 Å². The van der Waals surface area contributed by atoms with Crippen LogP contribution < -0.4 is 16.4 Å². The van der Waals surface area contributed by atoms with E-state index in [1.165, 1.54) is 0 Å². The van der Waals surface area contributed by atoms with Gasteiger partial charge in [-0.3, -0.25) is 4.79 Å². The van der Waals surface area contributed by atoms with E-state index in [-0.39, 0.29) is 12.0 Å². The second-order valence-electron chi connectivity index (χ2n) is 7.81. The highest BCUT2D eigenvalue weighted by molar-refractivity contribution is 6.43. The van der Waals surface area contributed by atoms with Crippen LogP contribution in [-0.4, -0.2) is 53.4 Å². The van der Waals surface area contributed by atoms with E-state index in [4.69, 9.17) is 28.9 Å². The molecule has 3 rings (SSSR count). The molecule has 2 aliphatic heterocycles. The number of hydrogen-bond donors (Lipinski definition) is 6. The largest absolute Gasteiger partial charge is 0.481 e. The summed E-state index contributed by atoms with van der Waals surface area (Å²) in [5.41, 5.74) is 8.42. The van der Waals surface area contributed by atoms with Gasteiger partial charge in [0.25, 0.3) is 0 Å². The first-order chi connectivity index (χ1) is 13.3. The maximum Gasteiger partial charge on any atom is 0.456 e. The van der Waals surface area contributed by atoms with Gasteiger partial charge >= 0.3 is 13.1 Å². The number of nitrogens with two attached hydrogens (primary N) is 1. The number of fused-ring (bicyclic) bond motifs is 1. The molecule has 7 nitrogen and oxygen atoms in total. The van der Waals surface area contributed by atoms with Gasteiger partial charge in [0.15, 0.2) is 0 Å². The summed E-state index contributed by atoms with van der Waals surface area (Å²) in [6, 6.07) is 2.88. The fraction of sp³-hybridized carbons (Fsp3) is 0.611. The van der Waals surface area contributed by atoms with Gasteiger partial charge in [-0.25, -0.2) is 0 Å². The van der Waals surface area contributed by atoms with E-state index in [2.05, 4.69) is 10.6 Å². The Morgan fingerprint density at radius 1 is 1.32 bits per heavy atom. The number of nitrogens with one attached hydrogen (secondary N) is 2. The lowest BCUT2D eigenvalue weighted by Gasteiger charge is -2.35. The number of carboxylic acid groups (broad SMARTS) is 1. The standard InChI is InChI=1S/C18H26BCl2N3O4/c20-11-3-10-7-24-16(5-12(10)15(21)4-11)17(22)14(19(27)28)2-1-9-6-23-8-13(9)18(25)26/h3-4,9,13-14,16-17,23-24,27-28H,1-2,5-8,22H2,(H,25,26)/t9?,13?,14-,16?,17?/m0/s1. The van der Waals surface area contributed by atoms with Crippen molar-refractivity contribution >= 4 is 36.3 Å². The molecule has 0 amide bonds. The summed E-state index contributed by atoms with van der Waals surface area (Å²) in [6.07, 6.45) is 1.58. The first-order valence-corrected chi connectivity index (χ1v) is 10.3. The molecule has 0 bridgehead atoms. The summed E-state index contributed by atoms with van der Waals surface area (Å²) in [7, 11) is -1.57. The van der Waals surface area contributed by atoms with Crippen molar-refractivity contribution in [3.8, 4) is 0 Å². The second-order valence-corrected chi connectivity index (χ2v) is 8.66. The molecule has 7 N–H and O–H groups in total. The van der Waals surface area contributed by atoms with Gasteiger partial charge in [0.2, 0.25) is 0 Å². The maximum absolute atomic E-state index is 11.3. The highest BCUT2D eigenvalue weighted by atomic mass is 35.5. The Balaban J connectivity index is 1.66. The van der Waals surface area contributed by atoms with Crippen molar-refractivity contribution < 1.29 is 19.9 Å². The van der Waals surface area contributed by atoms with Crippen LogP contribution in [-0.2, 0) is 17.8 Å². The quantitative estimate of drug-likeness (QED) is 0.355. The van der Waals surface area contributed by atoms with Crippen molar-refractivity contribution in [1.29, 1.82) is 0 Å². The van der Waals surface area contributed by atoms with Crippen molar-refractivity contribution in [1.82, 2.24) is 10.6 Å². The van der Waals surface area contributed by atoms with Gasteiger partial charge in [-0.05, 0) is 48.6 Å². The van der Waals surface area contributed by atoms with Gasteiger partial charge in [0, 0.05) is 41.0 Å². The molecule has 10 heteroatoms. The normalized spacial score (nSPS) is 26.5. The number of hydrogen-bond acceptors (Lipinski definition) is 6. The van der Waals surface area contributed by atoms with Crippen LogP contribution in [0.15, 0.2) is 12.1 Å². The maximum atomic E-state index is 11.3. The van der Waals surface area contributed by atoms with Crippen LogP contribution in [0.4, 0.5) is 0 Å². The molecule has 4 unspecified atom stereocenters. The molecule has 0 saturated carbocycles. The molecule has 28 heavy (non-hydrogen) atoms. The Bertz CT molecular complexity index is 724. The van der Waals surface area contributed by atoms with E-state index in [0.29, 0.717) is 48.9 Å². The average molecular weight is 430 g/mol. The lowest BCUT2D eigenvalue weighted by molar-refractivity contribution is -0.142. The lowest BCUT2D eigenvalue weighted by Crippen LogP contribution is -2.53. The van der Waals surface area contributed by atoms with Crippen LogP contribution in [0.25, 0.3) is 0 Å². The van der Waals surface area contributed by atoms with E-state index in [9.17, 15) is 19.9 Å². The van der Waals surface area contributed by atoms with Crippen molar-refractivity contribution in [3.05, 3.63) is 33.3 Å². The predicted molar refractivity (Wildman–Crippen MR) is 109 cm³/mol. The number of aliphatic carboxylic acids is 1. The van der Waals surface area contributed by atoms with E-state index in [0.717, 1.165) is 11.1 Å². The molecular weight excluding hydrogens is 404 g/mol. The summed E-state index contributed by atoms with van der Waals surface area (Å²) in [5.74, 6) is -1.88. The highest BCUT2D eigenvalue weighted by Crippen LogP contribution is 2.33. The van der Waals surface area contributed by atoms with Crippen LogP contribution in [0.5, 0.6) is 0 Å². The van der Waals surface area contributed by atoms with Gasteiger partial charge in [-0.1, -0.05) is 29.6 Å². The van der Waals surface area contributed by atoms with Crippen LogP contribution in [0.3, 0.4) is 0 Å². The Labute approximate surface area is 174 Å². The van der Waals surface area contributed by atoms with Gasteiger partial charge < -0.3 is 31.5 Å². The van der Waals surface area contributed by atoms with Crippen molar-refractivity contribution in [2.75, 3.05) is 13.1 Å². The summed E-state index contributed by atoms with van der Waals surface area (Å²) in [5, 5.41) is 36.8. The first kappa shape index (κ1) is 21.8. The topological polar surface area (TPSA) is 128 Å². The van der Waals surface area contributed by atoms with Crippen LogP contribution in [0.2, 0.25) is 15.9 Å². The van der Waals surface area contributed by atoms with E-state index >= 15 is 0 Å². The number of benzene rings is 1. The molecule has 0 spiro atoms. The summed E-state index contributed by atoms with van der Waals surface area (Å²) in [4.78, 5) is 11.3. The van der Waals surface area contributed by atoms with Gasteiger partial charge in [0.1, 0.15) is 0 Å². The SMILES string of the molecule is NC(C1Cc2c(Cl)cc(Cl)cc2CN1)[C@H](CCC1CNCC1C(=O)O)B(O)O. The molecule has 2 aliphatic rings. The first-order valence-electron chi connectivity index (χ1n) is 9.53. The minimum atomic E-state index is -1.57. The van der Waals surface area contributed by atoms with Crippen LogP contribution in [0.1, 0.15) is 24.0 Å². The third-order valence-corrected chi connectivity index (χ3v) is 6.66. The molecule has 0 aromatic heterocycles. The number of carbonyl (C=O) groups is 1. The number of carboxylic acids is 1. The fourth-order valence-corrected chi connectivity index (χ4v) is 5.03. The summed E-state index contributed by atoms with van der Waals surface area (Å²) < 4.78 is 0. The molecule has 1 aromatic carbocycles. The van der Waals surface area contributed by atoms with Crippen LogP contribution in [0, 0.1) is 11.8 Å². The monoisotopic (exact) mass is 429 g/mol. The zero-order valence-electron chi connectivity index (χ0n) is 15.4. The van der Waals surface area contributed by atoms with Gasteiger partial charge in [0.05, 0.1) is 5.92 Å². The second kappa shape index (κ2) is 9.30. The highest BCUT2D eigenvalue weighted by Gasteiger charge is 2.38. The third-order valence-electron chi connectivity index (χ3n) is 6.10. The third kappa shape index (κ3) is 4.82. The molecule has 154 valence electrons. The average Bonchev–Trinajstić information content (AvgIpc) is 3.10. The summed E-state index contributed by atoms with van der Waals surface area (Å²) in [6.45, 7) is 1.61. The zero-order valence-corrected chi connectivity index (χ0v) is 17.0. The van der Waals surface area contributed by atoms with Crippen molar-refractivity contribution in [2.45, 2.75) is 43.7 Å². The lowest BCUT2D eigenvalue weighted by atomic mass is 9.63. The van der Waals surface area contributed by atoms with Crippen molar-refractivity contribution in [2.24, 2.45) is 17.6 Å². The molecule has 5 atom stereocenters. The summed E-state index contributed by atoms with van der Waals surface area (Å²) >= 11 is 12.4. The van der Waals surface area contributed by atoms with Crippen molar-refractivity contribution in [3.63, 3.8) is 0 Å². The minimum Gasteiger partial charge on any atom is -0.481 e. The minimum absolute atomic E-state index is 0.0393. The molecule has 1 saturated heterocycles. The molecular formula is C18H26BCl2N3O4. The number of halogens is 2. The Kier molecular flexibility index (Phi) is 7.25. The van der Waals surface area contributed by atoms with Gasteiger partial charge in [-0.15, -0.1) is 0 Å².